The Hall–Kier alpha value is -2.67. The van der Waals surface area contributed by atoms with Gasteiger partial charge in [-0.1, -0.05) is 41.9 Å². The number of benzene rings is 2. The van der Waals surface area contributed by atoms with Crippen LogP contribution in [-0.4, -0.2) is 37.4 Å². The van der Waals surface area contributed by atoms with Gasteiger partial charge in [0, 0.05) is 40.6 Å². The number of rotatable bonds is 7. The van der Waals surface area contributed by atoms with E-state index in [4.69, 9.17) is 0 Å². The highest BCUT2D eigenvalue weighted by molar-refractivity contribution is 9.10. The zero-order valence-electron chi connectivity index (χ0n) is 17.2. The second kappa shape index (κ2) is 9.43. The number of carbonyl (C=O) groups excluding carboxylic acids is 3. The van der Waals surface area contributed by atoms with Gasteiger partial charge in [-0.25, -0.2) is 0 Å². The van der Waals surface area contributed by atoms with Crippen molar-refractivity contribution in [3.05, 3.63) is 64.1 Å². The smallest absolute Gasteiger partial charge is 0.251 e. The molecule has 3 rings (SSSR count). The van der Waals surface area contributed by atoms with Gasteiger partial charge in [0.05, 0.1) is 6.54 Å². The van der Waals surface area contributed by atoms with Gasteiger partial charge >= 0.3 is 0 Å². The Bertz CT molecular complexity index is 924. The van der Waals surface area contributed by atoms with Gasteiger partial charge < -0.3 is 15.5 Å². The van der Waals surface area contributed by atoms with E-state index >= 15 is 0 Å². The standard InChI is InChI=1S/C23H26BrN3O3/c1-23(2,17-7-9-18(24)10-8-17)15-26-20(28)14-25-22(30)16-5-11-19(12-6-16)27-13-3-4-21(27)29/h5-12H,3-4,13-15H2,1-2H3,(H,25,30)(H,26,28). The highest BCUT2D eigenvalue weighted by Crippen LogP contribution is 2.24. The molecule has 7 heteroatoms. The predicted molar refractivity (Wildman–Crippen MR) is 121 cm³/mol. The van der Waals surface area contributed by atoms with Crippen LogP contribution in [0, 0.1) is 0 Å². The Morgan fingerprint density at radius 2 is 1.70 bits per heavy atom. The van der Waals surface area contributed by atoms with Crippen LogP contribution >= 0.6 is 15.9 Å². The highest BCUT2D eigenvalue weighted by Gasteiger charge is 2.23. The first-order valence-electron chi connectivity index (χ1n) is 9.98. The molecule has 6 nitrogen and oxygen atoms in total. The molecule has 3 amide bonds. The van der Waals surface area contributed by atoms with Crippen LogP contribution in [-0.2, 0) is 15.0 Å². The van der Waals surface area contributed by atoms with Crippen molar-refractivity contribution in [2.75, 3.05) is 24.5 Å². The minimum Gasteiger partial charge on any atom is -0.354 e. The zero-order chi connectivity index (χ0) is 21.7. The molecule has 158 valence electrons. The topological polar surface area (TPSA) is 78.5 Å². The molecular weight excluding hydrogens is 446 g/mol. The van der Waals surface area contributed by atoms with Crippen molar-refractivity contribution in [3.63, 3.8) is 0 Å². The normalized spacial score (nSPS) is 14.0. The van der Waals surface area contributed by atoms with E-state index in [2.05, 4.69) is 40.4 Å². The summed E-state index contributed by atoms with van der Waals surface area (Å²) in [6.07, 6.45) is 1.42. The summed E-state index contributed by atoms with van der Waals surface area (Å²) in [5.41, 5.74) is 2.13. The van der Waals surface area contributed by atoms with Crippen LogP contribution in [0.25, 0.3) is 0 Å². The lowest BCUT2D eigenvalue weighted by Crippen LogP contribution is -2.42. The first-order chi connectivity index (χ1) is 14.3. The lowest BCUT2D eigenvalue weighted by atomic mass is 9.84. The highest BCUT2D eigenvalue weighted by atomic mass is 79.9. The first-order valence-corrected chi connectivity index (χ1v) is 10.8. The van der Waals surface area contributed by atoms with Crippen LogP contribution in [0.1, 0.15) is 42.6 Å². The molecule has 0 atom stereocenters. The van der Waals surface area contributed by atoms with Crippen molar-refractivity contribution in [1.82, 2.24) is 10.6 Å². The molecule has 0 aliphatic carbocycles. The summed E-state index contributed by atoms with van der Waals surface area (Å²) in [6.45, 7) is 5.19. The van der Waals surface area contributed by atoms with Crippen molar-refractivity contribution in [3.8, 4) is 0 Å². The van der Waals surface area contributed by atoms with Crippen LogP contribution in [0.15, 0.2) is 53.0 Å². The van der Waals surface area contributed by atoms with E-state index in [-0.39, 0.29) is 29.7 Å². The van der Waals surface area contributed by atoms with Gasteiger partial charge in [0.25, 0.3) is 5.91 Å². The fourth-order valence-corrected chi connectivity index (χ4v) is 3.63. The summed E-state index contributed by atoms with van der Waals surface area (Å²) >= 11 is 3.42. The minimum absolute atomic E-state index is 0.0956. The van der Waals surface area contributed by atoms with Gasteiger partial charge in [-0.15, -0.1) is 0 Å². The van der Waals surface area contributed by atoms with E-state index in [1.54, 1.807) is 29.2 Å². The molecule has 1 aliphatic heterocycles. The fraction of sp³-hybridized carbons (Fsp3) is 0.348. The van der Waals surface area contributed by atoms with Crippen molar-refractivity contribution >= 4 is 39.3 Å². The number of hydrogen-bond acceptors (Lipinski definition) is 3. The maximum atomic E-state index is 12.3. The van der Waals surface area contributed by atoms with Gasteiger partial charge in [-0.2, -0.15) is 0 Å². The third-order valence-corrected chi connectivity index (χ3v) is 5.81. The Balaban J connectivity index is 1.47. The second-order valence-corrected chi connectivity index (χ2v) is 8.96. The van der Waals surface area contributed by atoms with Crippen molar-refractivity contribution < 1.29 is 14.4 Å². The van der Waals surface area contributed by atoms with Gasteiger partial charge in [0.15, 0.2) is 0 Å². The number of carbonyl (C=O) groups is 3. The molecule has 2 aromatic carbocycles. The predicted octanol–water partition coefficient (Wildman–Crippen LogP) is 3.40. The Labute approximate surface area is 185 Å². The lowest BCUT2D eigenvalue weighted by Gasteiger charge is -2.25. The molecule has 1 saturated heterocycles. The van der Waals surface area contributed by atoms with Crippen LogP contribution in [0.4, 0.5) is 5.69 Å². The molecule has 2 aromatic rings. The number of anilines is 1. The van der Waals surface area contributed by atoms with E-state index in [1.165, 1.54) is 0 Å². The summed E-state index contributed by atoms with van der Waals surface area (Å²) in [6, 6.07) is 14.9. The maximum absolute atomic E-state index is 12.3. The monoisotopic (exact) mass is 471 g/mol. The average molecular weight is 472 g/mol. The molecule has 1 heterocycles. The quantitative estimate of drug-likeness (QED) is 0.649. The Morgan fingerprint density at radius 1 is 1.03 bits per heavy atom. The Kier molecular flexibility index (Phi) is 6.92. The molecule has 0 aromatic heterocycles. The van der Waals surface area contributed by atoms with Gasteiger partial charge in [-0.3, -0.25) is 14.4 Å². The van der Waals surface area contributed by atoms with Crippen LogP contribution in [0.3, 0.4) is 0 Å². The molecular formula is C23H26BrN3O3. The van der Waals surface area contributed by atoms with Crippen molar-refractivity contribution in [1.29, 1.82) is 0 Å². The zero-order valence-corrected chi connectivity index (χ0v) is 18.8. The van der Waals surface area contributed by atoms with E-state index in [9.17, 15) is 14.4 Å². The summed E-state index contributed by atoms with van der Waals surface area (Å²) in [7, 11) is 0. The van der Waals surface area contributed by atoms with Crippen LogP contribution < -0.4 is 15.5 Å². The first kappa shape index (κ1) is 22.0. The van der Waals surface area contributed by atoms with Crippen molar-refractivity contribution in [2.24, 2.45) is 0 Å². The van der Waals surface area contributed by atoms with Crippen LogP contribution in [0.5, 0.6) is 0 Å². The minimum atomic E-state index is -0.323. The lowest BCUT2D eigenvalue weighted by molar-refractivity contribution is -0.120. The molecule has 2 N–H and O–H groups in total. The SMILES string of the molecule is CC(C)(CNC(=O)CNC(=O)c1ccc(N2CCCC2=O)cc1)c1ccc(Br)cc1. The maximum Gasteiger partial charge on any atom is 0.251 e. The number of halogens is 1. The molecule has 0 unspecified atom stereocenters. The Morgan fingerprint density at radius 3 is 2.30 bits per heavy atom. The summed E-state index contributed by atoms with van der Waals surface area (Å²) in [4.78, 5) is 38.1. The van der Waals surface area contributed by atoms with E-state index in [0.717, 1.165) is 22.1 Å². The van der Waals surface area contributed by atoms with E-state index in [1.807, 2.05) is 24.3 Å². The third kappa shape index (κ3) is 5.48. The molecule has 0 spiro atoms. The second-order valence-electron chi connectivity index (χ2n) is 8.05. The van der Waals surface area contributed by atoms with E-state index in [0.29, 0.717) is 25.1 Å². The largest absolute Gasteiger partial charge is 0.354 e. The van der Waals surface area contributed by atoms with Gasteiger partial charge in [0.2, 0.25) is 11.8 Å². The molecule has 0 bridgehead atoms. The molecule has 30 heavy (non-hydrogen) atoms. The van der Waals surface area contributed by atoms with Crippen LogP contribution in [0.2, 0.25) is 0 Å². The number of nitrogens with one attached hydrogen (secondary N) is 2. The van der Waals surface area contributed by atoms with E-state index < -0.39 is 0 Å². The molecule has 1 fully saturated rings. The molecule has 0 radical (unpaired) electrons. The van der Waals surface area contributed by atoms with Crippen molar-refractivity contribution in [2.45, 2.75) is 32.1 Å². The van der Waals surface area contributed by atoms with Gasteiger partial charge in [-0.05, 0) is 48.4 Å². The number of nitrogens with zero attached hydrogens (tertiary/aromatic N) is 1. The molecule has 0 saturated carbocycles. The summed E-state index contributed by atoms with van der Waals surface area (Å²) < 4.78 is 1.01. The molecule has 1 aliphatic rings. The number of hydrogen-bond donors (Lipinski definition) is 2. The summed E-state index contributed by atoms with van der Waals surface area (Å²) in [5.74, 6) is -0.459. The average Bonchev–Trinajstić information content (AvgIpc) is 3.17. The fourth-order valence-electron chi connectivity index (χ4n) is 3.36. The number of amides is 3. The van der Waals surface area contributed by atoms with Gasteiger partial charge in [0.1, 0.15) is 0 Å². The summed E-state index contributed by atoms with van der Waals surface area (Å²) in [5, 5.41) is 5.53. The third-order valence-electron chi connectivity index (χ3n) is 5.28.